The number of hydrogen-bond donors (Lipinski definition) is 2. The number of phenols is 1. The van der Waals surface area contributed by atoms with Crippen LogP contribution in [0.4, 0.5) is 4.79 Å². The van der Waals surface area contributed by atoms with Crippen molar-refractivity contribution in [3.63, 3.8) is 0 Å². The maximum atomic E-state index is 14.0. The predicted molar refractivity (Wildman–Crippen MR) is 156 cm³/mol. The summed E-state index contributed by atoms with van der Waals surface area (Å²) < 4.78 is 5.27. The van der Waals surface area contributed by atoms with E-state index < -0.39 is 18.2 Å². The summed E-state index contributed by atoms with van der Waals surface area (Å²) in [5.74, 6) is 2.85. The highest BCUT2D eigenvalue weighted by atomic mass is 16.5. The Balaban J connectivity index is 1.48. The van der Waals surface area contributed by atoms with Gasteiger partial charge in [0, 0.05) is 19.5 Å². The number of carbonyl (C=O) groups excluding carboxylic acids is 3. The molecule has 10 nitrogen and oxygen atoms in total. The Bertz CT molecular complexity index is 1460. The molecule has 2 saturated heterocycles. The van der Waals surface area contributed by atoms with Gasteiger partial charge in [-0.25, -0.2) is 9.80 Å². The summed E-state index contributed by atoms with van der Waals surface area (Å²) in [6, 6.07) is 22.2. The molecule has 5 rings (SSSR count). The van der Waals surface area contributed by atoms with Crippen LogP contribution in [0.25, 0.3) is 0 Å². The molecule has 0 bridgehead atoms. The van der Waals surface area contributed by atoms with Crippen LogP contribution in [0, 0.1) is 12.3 Å². The molecule has 0 radical (unpaired) electrons. The zero-order chi connectivity index (χ0) is 29.6. The van der Waals surface area contributed by atoms with Crippen LogP contribution < -0.4 is 10.1 Å². The van der Waals surface area contributed by atoms with E-state index in [0.29, 0.717) is 5.75 Å². The Morgan fingerprint density at radius 2 is 1.69 bits per heavy atom. The first-order chi connectivity index (χ1) is 20.4. The number of ether oxygens (including phenoxy) is 1. The maximum absolute atomic E-state index is 14.0. The summed E-state index contributed by atoms with van der Waals surface area (Å²) in [5, 5.41) is 15.8. The molecule has 0 aromatic heterocycles. The largest absolute Gasteiger partial charge is 0.508 e. The number of rotatable bonds is 8. The fourth-order valence-corrected chi connectivity index (χ4v) is 5.44. The van der Waals surface area contributed by atoms with E-state index >= 15 is 0 Å². The van der Waals surface area contributed by atoms with Crippen molar-refractivity contribution in [2.24, 2.45) is 0 Å². The van der Waals surface area contributed by atoms with Crippen LogP contribution in [0.3, 0.4) is 0 Å². The number of phenolic OH excluding ortho intramolecular Hbond substituents is 1. The second-order valence-electron chi connectivity index (χ2n) is 10.3. The van der Waals surface area contributed by atoms with Gasteiger partial charge >= 0.3 is 6.03 Å². The number of fused-ring (bicyclic) bond motifs is 1. The minimum absolute atomic E-state index is 0.0455. The quantitative estimate of drug-likeness (QED) is 0.406. The molecule has 3 aromatic carbocycles. The SMILES string of the molecule is C#CCN1CC(=O)N2[C@@H](Cc3ccc(O)cc3)C(=O)N(Cc3ccc(OC)cc3)C[C@@H]2N1C(=O)NCc1ccccc1. The summed E-state index contributed by atoms with van der Waals surface area (Å²) in [7, 11) is 1.59. The lowest BCUT2D eigenvalue weighted by atomic mass is 9.98. The van der Waals surface area contributed by atoms with Crippen molar-refractivity contribution in [1.29, 1.82) is 0 Å². The van der Waals surface area contributed by atoms with Crippen molar-refractivity contribution in [2.75, 3.05) is 26.7 Å². The molecule has 0 unspecified atom stereocenters. The van der Waals surface area contributed by atoms with Crippen molar-refractivity contribution in [2.45, 2.75) is 31.7 Å². The molecule has 0 aliphatic carbocycles. The molecular weight excluding hydrogens is 534 g/mol. The number of hydrazine groups is 1. The number of carbonyl (C=O) groups is 3. The van der Waals surface area contributed by atoms with Crippen molar-refractivity contribution in [3.8, 4) is 23.8 Å². The standard InChI is InChI=1S/C32H33N5O5/c1-3-17-35-22-30(39)36-28(18-23-9-13-26(38)14-10-23)31(40)34(20-25-11-15-27(42-2)16-12-25)21-29(36)37(35)32(41)33-19-24-7-5-4-6-8-24/h1,4-16,28-29,38H,17-22H2,2H3,(H,33,41)/t28-,29-/m0/s1. The van der Waals surface area contributed by atoms with Crippen LogP contribution in [0.2, 0.25) is 0 Å². The first kappa shape index (κ1) is 28.5. The second kappa shape index (κ2) is 12.7. The second-order valence-corrected chi connectivity index (χ2v) is 10.3. The number of terminal acetylenes is 1. The molecule has 2 N–H and O–H groups in total. The van der Waals surface area contributed by atoms with E-state index in [4.69, 9.17) is 11.2 Å². The lowest BCUT2D eigenvalue weighted by molar-refractivity contribution is -0.189. The van der Waals surface area contributed by atoms with E-state index in [1.54, 1.807) is 41.3 Å². The average molecular weight is 568 g/mol. The third-order valence-electron chi connectivity index (χ3n) is 7.50. The van der Waals surface area contributed by atoms with Crippen LogP contribution >= 0.6 is 0 Å². The van der Waals surface area contributed by atoms with Gasteiger partial charge < -0.3 is 25.0 Å². The minimum atomic E-state index is -0.864. The number of hydrogen-bond acceptors (Lipinski definition) is 6. The fraction of sp³-hybridized carbons (Fsp3) is 0.281. The Morgan fingerprint density at radius 1 is 1.00 bits per heavy atom. The Hall–Kier alpha value is -5.01. The van der Waals surface area contributed by atoms with E-state index in [1.165, 1.54) is 9.91 Å². The van der Waals surface area contributed by atoms with E-state index in [9.17, 15) is 19.5 Å². The lowest BCUT2D eigenvalue weighted by Gasteiger charge is -2.55. The molecule has 4 amide bonds. The van der Waals surface area contributed by atoms with Crippen molar-refractivity contribution < 1.29 is 24.2 Å². The molecule has 2 aliphatic heterocycles. The topological polar surface area (TPSA) is 106 Å². The van der Waals surface area contributed by atoms with Gasteiger partial charge in [0.2, 0.25) is 11.8 Å². The molecule has 2 fully saturated rings. The molecule has 3 aromatic rings. The molecule has 216 valence electrons. The summed E-state index contributed by atoms with van der Waals surface area (Å²) in [6.45, 7) is 0.567. The molecule has 0 saturated carbocycles. The number of methoxy groups -OCH3 is 1. The molecular formula is C32H33N5O5. The van der Waals surface area contributed by atoms with Gasteiger partial charge in [-0.2, -0.15) is 5.01 Å². The van der Waals surface area contributed by atoms with Gasteiger partial charge in [0.15, 0.2) is 0 Å². The number of nitrogens with zero attached hydrogens (tertiary/aromatic N) is 4. The third-order valence-corrected chi connectivity index (χ3v) is 7.50. The Kier molecular flexibility index (Phi) is 8.60. The minimum Gasteiger partial charge on any atom is -0.508 e. The monoisotopic (exact) mass is 567 g/mol. The van der Waals surface area contributed by atoms with E-state index in [-0.39, 0.29) is 56.7 Å². The molecule has 42 heavy (non-hydrogen) atoms. The van der Waals surface area contributed by atoms with Crippen LogP contribution in [0.1, 0.15) is 16.7 Å². The van der Waals surface area contributed by atoms with Crippen LogP contribution in [-0.4, -0.2) is 81.7 Å². The van der Waals surface area contributed by atoms with Crippen LogP contribution in [0.15, 0.2) is 78.9 Å². The van der Waals surface area contributed by atoms with Crippen molar-refractivity contribution in [3.05, 3.63) is 95.6 Å². The van der Waals surface area contributed by atoms with E-state index in [0.717, 1.165) is 16.7 Å². The summed E-state index contributed by atoms with van der Waals surface area (Å²) >= 11 is 0. The average Bonchev–Trinajstić information content (AvgIpc) is 3.00. The van der Waals surface area contributed by atoms with Gasteiger partial charge in [0.25, 0.3) is 0 Å². The molecule has 2 heterocycles. The molecule has 2 atom stereocenters. The highest BCUT2D eigenvalue weighted by Gasteiger charge is 2.51. The zero-order valence-electron chi connectivity index (χ0n) is 23.3. The van der Waals surface area contributed by atoms with Crippen molar-refractivity contribution >= 4 is 17.8 Å². The first-order valence-electron chi connectivity index (χ1n) is 13.7. The van der Waals surface area contributed by atoms with E-state index in [1.807, 2.05) is 54.6 Å². The number of urea groups is 1. The van der Waals surface area contributed by atoms with Gasteiger partial charge in [-0.15, -0.1) is 6.42 Å². The fourth-order valence-electron chi connectivity index (χ4n) is 5.44. The lowest BCUT2D eigenvalue weighted by Crippen LogP contribution is -2.76. The summed E-state index contributed by atoms with van der Waals surface area (Å²) in [4.78, 5) is 44.6. The number of benzene rings is 3. The smallest absolute Gasteiger partial charge is 0.334 e. The highest BCUT2D eigenvalue weighted by Crippen LogP contribution is 2.29. The highest BCUT2D eigenvalue weighted by molar-refractivity contribution is 5.91. The summed E-state index contributed by atoms with van der Waals surface area (Å²) in [6.07, 6.45) is 5.08. The maximum Gasteiger partial charge on any atom is 0.334 e. The van der Waals surface area contributed by atoms with Crippen LogP contribution in [-0.2, 0) is 29.1 Å². The number of amides is 4. The van der Waals surface area contributed by atoms with Gasteiger partial charge in [0.05, 0.1) is 26.7 Å². The first-order valence-corrected chi connectivity index (χ1v) is 13.7. The number of nitrogens with one attached hydrogen (secondary N) is 1. The number of aromatic hydroxyl groups is 1. The Morgan fingerprint density at radius 3 is 2.36 bits per heavy atom. The van der Waals surface area contributed by atoms with E-state index in [2.05, 4.69) is 11.2 Å². The summed E-state index contributed by atoms with van der Waals surface area (Å²) in [5.41, 5.74) is 2.57. The molecule has 2 aliphatic rings. The normalized spacial score (nSPS) is 18.8. The van der Waals surface area contributed by atoms with Gasteiger partial charge in [-0.3, -0.25) is 9.59 Å². The van der Waals surface area contributed by atoms with Gasteiger partial charge in [0.1, 0.15) is 23.7 Å². The van der Waals surface area contributed by atoms with Crippen LogP contribution in [0.5, 0.6) is 11.5 Å². The number of piperazine rings is 1. The predicted octanol–water partition coefficient (Wildman–Crippen LogP) is 2.58. The van der Waals surface area contributed by atoms with Gasteiger partial charge in [-0.05, 0) is 41.0 Å². The van der Waals surface area contributed by atoms with Crippen molar-refractivity contribution in [1.82, 2.24) is 25.1 Å². The zero-order valence-corrected chi connectivity index (χ0v) is 23.3. The third kappa shape index (κ3) is 6.16. The molecule has 10 heteroatoms. The van der Waals surface area contributed by atoms with Gasteiger partial charge in [-0.1, -0.05) is 60.5 Å². The Labute approximate surface area is 245 Å². The molecule has 0 spiro atoms.